The van der Waals surface area contributed by atoms with Crippen molar-refractivity contribution in [3.05, 3.63) is 108 Å². The Morgan fingerprint density at radius 2 is 1.16 bits per heavy atom. The van der Waals surface area contributed by atoms with E-state index in [9.17, 15) is 9.67 Å². The maximum absolute atomic E-state index is 13.9. The Bertz CT molecular complexity index is 994. The Balaban J connectivity index is 2.04. The van der Waals surface area contributed by atoms with Crippen LogP contribution in [0.2, 0.25) is 0 Å². The molecule has 200 valence electrons. The van der Waals surface area contributed by atoms with Crippen LogP contribution in [0.4, 0.5) is 0 Å². The Kier molecular flexibility index (Phi) is 11.1. The summed E-state index contributed by atoms with van der Waals surface area (Å²) in [4.78, 5) is 0. The maximum Gasteiger partial charge on any atom is 0.260 e. The van der Waals surface area contributed by atoms with Crippen LogP contribution in [0.3, 0.4) is 0 Å². The predicted molar refractivity (Wildman–Crippen MR) is 149 cm³/mol. The lowest BCUT2D eigenvalue weighted by Gasteiger charge is -2.41. The van der Waals surface area contributed by atoms with Crippen molar-refractivity contribution in [1.82, 2.24) is 5.32 Å². The molecule has 2 N–H and O–H groups in total. The lowest BCUT2D eigenvalue weighted by Crippen LogP contribution is -2.53. The summed E-state index contributed by atoms with van der Waals surface area (Å²) < 4.78 is 30.9. The zero-order chi connectivity index (χ0) is 26.7. The van der Waals surface area contributed by atoms with Gasteiger partial charge in [-0.2, -0.15) is 0 Å². The summed E-state index contributed by atoms with van der Waals surface area (Å²) in [5, 5.41) is 15.2. The fourth-order valence-electron chi connectivity index (χ4n) is 4.65. The first-order valence-electron chi connectivity index (χ1n) is 13.0. The quantitative estimate of drug-likeness (QED) is 0.144. The summed E-state index contributed by atoms with van der Waals surface area (Å²) >= 11 is 0. The highest BCUT2D eigenvalue weighted by atomic mass is 31.2. The minimum atomic E-state index is -3.49. The van der Waals surface area contributed by atoms with Crippen LogP contribution in [0, 0.1) is 0 Å². The molecule has 6 nitrogen and oxygen atoms in total. The van der Waals surface area contributed by atoms with Gasteiger partial charge in [0.1, 0.15) is 0 Å². The summed E-state index contributed by atoms with van der Waals surface area (Å²) in [6, 6.07) is 29.0. The van der Waals surface area contributed by atoms with Crippen molar-refractivity contribution in [2.45, 2.75) is 51.4 Å². The van der Waals surface area contributed by atoms with Gasteiger partial charge in [-0.3, -0.25) is 9.88 Å². The number of benzene rings is 3. The van der Waals surface area contributed by atoms with Gasteiger partial charge in [-0.1, -0.05) is 91.0 Å². The minimum absolute atomic E-state index is 0.103. The van der Waals surface area contributed by atoms with E-state index < -0.39 is 31.1 Å². The molecule has 0 bridgehead atoms. The van der Waals surface area contributed by atoms with Crippen molar-refractivity contribution in [2.24, 2.45) is 0 Å². The minimum Gasteiger partial charge on any atom is -0.391 e. The van der Waals surface area contributed by atoms with Crippen molar-refractivity contribution in [3.8, 4) is 0 Å². The molecule has 0 spiro atoms. The van der Waals surface area contributed by atoms with Gasteiger partial charge < -0.3 is 19.1 Å². The fraction of sp³-hybridized carbons (Fsp3) is 0.400. The third-order valence-corrected chi connectivity index (χ3v) is 8.89. The zero-order valence-corrected chi connectivity index (χ0v) is 23.1. The third kappa shape index (κ3) is 6.97. The van der Waals surface area contributed by atoms with Crippen molar-refractivity contribution < 1.29 is 23.7 Å². The van der Waals surface area contributed by atoms with E-state index in [2.05, 4.69) is 41.7 Å². The van der Waals surface area contributed by atoms with Crippen molar-refractivity contribution >= 4 is 7.37 Å². The Hall–Kier alpha value is -2.31. The second-order valence-corrected chi connectivity index (χ2v) is 11.4. The number of aliphatic hydroxyl groups excluding tert-OH is 1. The summed E-state index contributed by atoms with van der Waals surface area (Å²) in [7, 11) is -3.49. The maximum atomic E-state index is 13.9. The van der Waals surface area contributed by atoms with E-state index in [4.69, 9.17) is 14.0 Å². The second kappa shape index (κ2) is 14.0. The van der Waals surface area contributed by atoms with Crippen LogP contribution < -0.4 is 5.32 Å². The number of rotatable bonds is 15. The van der Waals surface area contributed by atoms with Crippen LogP contribution in [-0.2, 0) is 24.1 Å². The monoisotopic (exact) mass is 525 g/mol. The van der Waals surface area contributed by atoms with Gasteiger partial charge in [0.25, 0.3) is 7.37 Å². The standard InChI is InChI=1S/C30H40NO5P/c1-5-34-29(35-6-2)37(33,36-7-3)23-28(32)24(4)31-30(25-17-11-8-12-18-25,26-19-13-9-14-20-26)27-21-15-10-16-22-27/h8-22,24,28-29,31-32H,5-7,23H2,1-4H3/t24-,28?,37?/m1/s1. The van der Waals surface area contributed by atoms with Gasteiger partial charge in [0.2, 0.25) is 6.03 Å². The molecule has 0 aliphatic carbocycles. The molecule has 3 rings (SSSR count). The lowest BCUT2D eigenvalue weighted by atomic mass is 9.76. The highest BCUT2D eigenvalue weighted by Gasteiger charge is 2.42. The van der Waals surface area contributed by atoms with Gasteiger partial charge in [0, 0.05) is 19.3 Å². The Labute approximate surface area is 221 Å². The SMILES string of the molecule is CCOC(OCC)P(=O)(CC(O)[C@@H](C)NC(c1ccccc1)(c1ccccc1)c1ccccc1)OCC. The molecule has 3 atom stereocenters. The highest BCUT2D eigenvalue weighted by molar-refractivity contribution is 7.59. The molecule has 0 radical (unpaired) electrons. The van der Waals surface area contributed by atoms with E-state index in [0.29, 0.717) is 13.2 Å². The summed E-state index contributed by atoms with van der Waals surface area (Å²) in [6.07, 6.45) is -1.11. The molecule has 0 amide bonds. The molecule has 0 aliphatic rings. The molecule has 0 saturated carbocycles. The van der Waals surface area contributed by atoms with Crippen molar-refractivity contribution in [1.29, 1.82) is 0 Å². The Morgan fingerprint density at radius 1 is 0.757 bits per heavy atom. The first-order valence-corrected chi connectivity index (χ1v) is 14.9. The second-order valence-electron chi connectivity index (χ2n) is 8.89. The number of nitrogens with one attached hydrogen (secondary N) is 1. The molecule has 3 aromatic carbocycles. The molecule has 0 aliphatic heterocycles. The van der Waals surface area contributed by atoms with Crippen molar-refractivity contribution in [2.75, 3.05) is 26.0 Å². The molecule has 7 heteroatoms. The van der Waals surface area contributed by atoms with E-state index in [1.165, 1.54) is 0 Å². The lowest BCUT2D eigenvalue weighted by molar-refractivity contribution is -0.0896. The molecule has 37 heavy (non-hydrogen) atoms. The highest BCUT2D eigenvalue weighted by Crippen LogP contribution is 2.53. The molecule has 2 unspecified atom stereocenters. The van der Waals surface area contributed by atoms with Crippen LogP contribution in [-0.4, -0.2) is 49.3 Å². The van der Waals surface area contributed by atoms with E-state index in [1.54, 1.807) is 6.92 Å². The van der Waals surface area contributed by atoms with Gasteiger partial charge >= 0.3 is 0 Å². The van der Waals surface area contributed by atoms with E-state index >= 15 is 0 Å². The molecule has 0 fully saturated rings. The first-order chi connectivity index (χ1) is 17.9. The average molecular weight is 526 g/mol. The third-order valence-electron chi connectivity index (χ3n) is 6.37. The van der Waals surface area contributed by atoms with Gasteiger partial charge in [-0.05, 0) is 44.4 Å². The molecule has 0 heterocycles. The van der Waals surface area contributed by atoms with Gasteiger partial charge in [0.05, 0.1) is 24.4 Å². The van der Waals surface area contributed by atoms with Gasteiger partial charge in [0.15, 0.2) is 0 Å². The summed E-state index contributed by atoms with van der Waals surface area (Å²) in [6.45, 7) is 8.19. The van der Waals surface area contributed by atoms with Crippen LogP contribution in [0.5, 0.6) is 0 Å². The molecular formula is C30H40NO5P. The zero-order valence-electron chi connectivity index (χ0n) is 22.2. The molecular weight excluding hydrogens is 485 g/mol. The van der Waals surface area contributed by atoms with Crippen LogP contribution in [0.15, 0.2) is 91.0 Å². The number of hydrogen-bond acceptors (Lipinski definition) is 6. The molecule has 0 aromatic heterocycles. The molecule has 3 aromatic rings. The number of ether oxygens (including phenoxy) is 2. The first kappa shape index (κ1) is 29.2. The van der Waals surface area contributed by atoms with E-state index in [0.717, 1.165) is 16.7 Å². The summed E-state index contributed by atoms with van der Waals surface area (Å²) in [5.41, 5.74) is 2.32. The van der Waals surface area contributed by atoms with E-state index in [1.807, 2.05) is 75.4 Å². The topological polar surface area (TPSA) is 77.0 Å². The molecule has 0 saturated heterocycles. The van der Waals surface area contributed by atoms with Gasteiger partial charge in [-0.15, -0.1) is 0 Å². The predicted octanol–water partition coefficient (Wildman–Crippen LogP) is 5.99. The number of hydrogen-bond donors (Lipinski definition) is 2. The van der Waals surface area contributed by atoms with Gasteiger partial charge in [-0.25, -0.2) is 0 Å². The normalized spacial score (nSPS) is 15.3. The summed E-state index contributed by atoms with van der Waals surface area (Å²) in [5.74, 6) is 0. The van der Waals surface area contributed by atoms with Crippen molar-refractivity contribution in [3.63, 3.8) is 0 Å². The largest absolute Gasteiger partial charge is 0.391 e. The fourth-order valence-corrected chi connectivity index (χ4v) is 7.08. The van der Waals surface area contributed by atoms with Crippen LogP contribution in [0.25, 0.3) is 0 Å². The number of aliphatic hydroxyl groups is 1. The average Bonchev–Trinajstić information content (AvgIpc) is 2.93. The van der Waals surface area contributed by atoms with Crippen LogP contribution in [0.1, 0.15) is 44.4 Å². The van der Waals surface area contributed by atoms with E-state index in [-0.39, 0.29) is 12.8 Å². The van der Waals surface area contributed by atoms with Crippen LogP contribution >= 0.6 is 7.37 Å². The smallest absolute Gasteiger partial charge is 0.260 e. The Morgan fingerprint density at radius 3 is 1.51 bits per heavy atom.